The smallest absolute Gasteiger partial charge is 0.266 e. The van der Waals surface area contributed by atoms with Gasteiger partial charge in [0, 0.05) is 55.5 Å². The highest BCUT2D eigenvalue weighted by Gasteiger charge is 2.25. The van der Waals surface area contributed by atoms with Gasteiger partial charge in [-0.3, -0.25) is 9.69 Å². The van der Waals surface area contributed by atoms with Crippen molar-refractivity contribution in [3.05, 3.63) is 45.3 Å². The van der Waals surface area contributed by atoms with Gasteiger partial charge in [-0.15, -0.1) is 0 Å². The van der Waals surface area contributed by atoms with E-state index in [1.54, 1.807) is 10.7 Å². The van der Waals surface area contributed by atoms with Crippen molar-refractivity contribution in [3.63, 3.8) is 0 Å². The number of fused-ring (bicyclic) bond motifs is 1. The first kappa shape index (κ1) is 20.0. The average molecular weight is 397 g/mol. The highest BCUT2D eigenvalue weighted by Crippen LogP contribution is 2.29. The molecule has 0 N–H and O–H groups in total. The predicted octanol–water partition coefficient (Wildman–Crippen LogP) is 1.95. The minimum atomic E-state index is -0.0585. The standard InChI is InChI=1S/C22H32N6O/c1-16-23-18-7-5-6-17(18)21(24-16)27-13-10-26(11-14-27)12-15-28-20(29)9-8-19(25-28)22(2,3)4/h8-9H,5-7,10-15H2,1-4H3. The maximum atomic E-state index is 12.2. The molecule has 0 spiro atoms. The summed E-state index contributed by atoms with van der Waals surface area (Å²) in [4.78, 5) is 26.4. The first-order valence-corrected chi connectivity index (χ1v) is 10.7. The van der Waals surface area contributed by atoms with E-state index in [-0.39, 0.29) is 11.0 Å². The van der Waals surface area contributed by atoms with Gasteiger partial charge in [0.1, 0.15) is 11.6 Å². The Morgan fingerprint density at radius 1 is 1.00 bits per heavy atom. The molecule has 1 fully saturated rings. The molecule has 0 unspecified atom stereocenters. The van der Waals surface area contributed by atoms with Crippen LogP contribution >= 0.6 is 0 Å². The Bertz CT molecular complexity index is 937. The van der Waals surface area contributed by atoms with E-state index in [2.05, 4.69) is 40.7 Å². The quantitative estimate of drug-likeness (QED) is 0.787. The molecule has 3 heterocycles. The molecular formula is C22H32N6O. The lowest BCUT2D eigenvalue weighted by atomic mass is 9.92. The molecule has 29 heavy (non-hydrogen) atoms. The lowest BCUT2D eigenvalue weighted by Crippen LogP contribution is -2.48. The summed E-state index contributed by atoms with van der Waals surface area (Å²) < 4.78 is 1.62. The van der Waals surface area contributed by atoms with Gasteiger partial charge in [-0.05, 0) is 32.3 Å². The van der Waals surface area contributed by atoms with Crippen molar-refractivity contribution in [2.75, 3.05) is 37.6 Å². The minimum absolute atomic E-state index is 0.0244. The van der Waals surface area contributed by atoms with Crippen LogP contribution in [0.3, 0.4) is 0 Å². The SMILES string of the molecule is Cc1nc2c(c(N3CCN(CCn4nc(C(C)(C)C)ccc4=O)CC3)n1)CCC2. The Balaban J connectivity index is 1.38. The second-order valence-corrected chi connectivity index (χ2v) is 9.23. The van der Waals surface area contributed by atoms with E-state index in [1.807, 2.05) is 13.0 Å². The summed E-state index contributed by atoms with van der Waals surface area (Å²) in [5, 5.41) is 4.59. The van der Waals surface area contributed by atoms with Crippen LogP contribution in [0, 0.1) is 6.92 Å². The normalized spacial score (nSPS) is 17.6. The maximum absolute atomic E-state index is 12.2. The fraction of sp³-hybridized carbons (Fsp3) is 0.636. The summed E-state index contributed by atoms with van der Waals surface area (Å²) in [7, 11) is 0. The van der Waals surface area contributed by atoms with Gasteiger partial charge in [-0.2, -0.15) is 5.10 Å². The molecule has 1 aliphatic carbocycles. The van der Waals surface area contributed by atoms with E-state index in [0.29, 0.717) is 6.54 Å². The molecule has 2 aromatic heterocycles. The minimum Gasteiger partial charge on any atom is -0.354 e. The van der Waals surface area contributed by atoms with Crippen LogP contribution in [0.2, 0.25) is 0 Å². The van der Waals surface area contributed by atoms with Crippen molar-refractivity contribution in [2.24, 2.45) is 0 Å². The molecule has 2 aliphatic rings. The third-order valence-corrected chi connectivity index (χ3v) is 5.96. The van der Waals surface area contributed by atoms with Gasteiger partial charge < -0.3 is 4.90 Å². The van der Waals surface area contributed by atoms with Crippen molar-refractivity contribution < 1.29 is 0 Å². The number of aromatic nitrogens is 4. The van der Waals surface area contributed by atoms with Crippen LogP contribution in [0.5, 0.6) is 0 Å². The molecule has 0 aromatic carbocycles. The van der Waals surface area contributed by atoms with Crippen LogP contribution in [0.25, 0.3) is 0 Å². The number of aryl methyl sites for hydroxylation is 2. The fourth-order valence-corrected chi connectivity index (χ4v) is 4.22. The lowest BCUT2D eigenvalue weighted by Gasteiger charge is -2.36. The van der Waals surface area contributed by atoms with Crippen molar-refractivity contribution >= 4 is 5.82 Å². The van der Waals surface area contributed by atoms with Crippen LogP contribution in [-0.4, -0.2) is 57.4 Å². The van der Waals surface area contributed by atoms with Crippen LogP contribution < -0.4 is 10.5 Å². The van der Waals surface area contributed by atoms with Gasteiger partial charge in [0.05, 0.1) is 12.2 Å². The number of anilines is 1. The molecule has 0 radical (unpaired) electrons. The topological polar surface area (TPSA) is 67.2 Å². The molecule has 2 aromatic rings. The number of hydrogen-bond acceptors (Lipinski definition) is 6. The molecule has 0 saturated carbocycles. The summed E-state index contributed by atoms with van der Waals surface area (Å²) in [5.74, 6) is 2.03. The molecular weight excluding hydrogens is 364 g/mol. The third kappa shape index (κ3) is 4.34. The summed E-state index contributed by atoms with van der Waals surface area (Å²) >= 11 is 0. The molecule has 4 rings (SSSR count). The van der Waals surface area contributed by atoms with Gasteiger partial charge in [-0.25, -0.2) is 14.6 Å². The average Bonchev–Trinajstić information content (AvgIpc) is 3.14. The Morgan fingerprint density at radius 2 is 1.76 bits per heavy atom. The Hall–Kier alpha value is -2.28. The zero-order valence-electron chi connectivity index (χ0n) is 18.1. The van der Waals surface area contributed by atoms with E-state index < -0.39 is 0 Å². The molecule has 0 amide bonds. The van der Waals surface area contributed by atoms with Gasteiger partial charge >= 0.3 is 0 Å². The highest BCUT2D eigenvalue weighted by atomic mass is 16.1. The number of hydrogen-bond donors (Lipinski definition) is 0. The van der Waals surface area contributed by atoms with E-state index >= 15 is 0 Å². The van der Waals surface area contributed by atoms with E-state index in [4.69, 9.17) is 4.98 Å². The van der Waals surface area contributed by atoms with Gasteiger partial charge in [0.15, 0.2) is 0 Å². The van der Waals surface area contributed by atoms with Crippen molar-refractivity contribution in [1.29, 1.82) is 0 Å². The third-order valence-electron chi connectivity index (χ3n) is 5.96. The molecule has 7 nitrogen and oxygen atoms in total. The van der Waals surface area contributed by atoms with Crippen LogP contribution in [0.1, 0.15) is 50.0 Å². The van der Waals surface area contributed by atoms with Crippen molar-refractivity contribution in [1.82, 2.24) is 24.6 Å². The van der Waals surface area contributed by atoms with E-state index in [9.17, 15) is 4.79 Å². The number of piperazine rings is 1. The van der Waals surface area contributed by atoms with Crippen molar-refractivity contribution in [2.45, 2.75) is 58.9 Å². The number of nitrogens with zero attached hydrogens (tertiary/aromatic N) is 6. The second-order valence-electron chi connectivity index (χ2n) is 9.23. The Labute approximate surface area is 172 Å². The summed E-state index contributed by atoms with van der Waals surface area (Å²) in [5.41, 5.74) is 3.48. The fourth-order valence-electron chi connectivity index (χ4n) is 4.22. The van der Waals surface area contributed by atoms with Crippen LogP contribution in [-0.2, 0) is 24.8 Å². The molecule has 7 heteroatoms. The molecule has 156 valence electrons. The molecule has 0 atom stereocenters. The van der Waals surface area contributed by atoms with Crippen molar-refractivity contribution in [3.8, 4) is 0 Å². The summed E-state index contributed by atoms with van der Waals surface area (Å²) in [6.45, 7) is 13.7. The van der Waals surface area contributed by atoms with Gasteiger partial charge in [-0.1, -0.05) is 20.8 Å². The Morgan fingerprint density at radius 3 is 2.48 bits per heavy atom. The first-order valence-electron chi connectivity index (χ1n) is 10.7. The first-order chi connectivity index (χ1) is 13.8. The maximum Gasteiger partial charge on any atom is 0.266 e. The second kappa shape index (κ2) is 7.86. The highest BCUT2D eigenvalue weighted by molar-refractivity contribution is 5.51. The van der Waals surface area contributed by atoms with E-state index in [0.717, 1.165) is 62.9 Å². The van der Waals surface area contributed by atoms with Crippen LogP contribution in [0.4, 0.5) is 5.82 Å². The predicted molar refractivity (Wildman–Crippen MR) is 115 cm³/mol. The number of rotatable bonds is 4. The zero-order valence-corrected chi connectivity index (χ0v) is 18.1. The summed E-state index contributed by atoms with van der Waals surface area (Å²) in [6.07, 6.45) is 3.38. The summed E-state index contributed by atoms with van der Waals surface area (Å²) in [6, 6.07) is 3.49. The lowest BCUT2D eigenvalue weighted by molar-refractivity contribution is 0.241. The van der Waals surface area contributed by atoms with Gasteiger partial charge in [0.25, 0.3) is 5.56 Å². The molecule has 0 bridgehead atoms. The largest absolute Gasteiger partial charge is 0.354 e. The molecule has 1 saturated heterocycles. The van der Waals surface area contributed by atoms with Gasteiger partial charge in [0.2, 0.25) is 0 Å². The Kier molecular flexibility index (Phi) is 5.42. The van der Waals surface area contributed by atoms with Crippen LogP contribution in [0.15, 0.2) is 16.9 Å². The monoisotopic (exact) mass is 396 g/mol. The van der Waals surface area contributed by atoms with E-state index in [1.165, 1.54) is 17.7 Å². The molecule has 1 aliphatic heterocycles. The zero-order chi connectivity index (χ0) is 20.6.